The lowest BCUT2D eigenvalue weighted by Crippen LogP contribution is -2.29. The van der Waals surface area contributed by atoms with E-state index in [9.17, 15) is 9.90 Å². The summed E-state index contributed by atoms with van der Waals surface area (Å²) in [4.78, 5) is 24.9. The van der Waals surface area contributed by atoms with E-state index in [2.05, 4.69) is 132 Å². The van der Waals surface area contributed by atoms with Crippen molar-refractivity contribution in [3.05, 3.63) is 125 Å². The molecule has 0 fully saturated rings. The van der Waals surface area contributed by atoms with E-state index in [4.69, 9.17) is 9.98 Å². The smallest absolute Gasteiger partial charge is 0.207 e. The highest BCUT2D eigenvalue weighted by Crippen LogP contribution is 2.48. The zero-order valence-electron chi connectivity index (χ0n) is 33.0. The maximum Gasteiger partial charge on any atom is 0.207 e. The van der Waals surface area contributed by atoms with E-state index in [1.165, 1.54) is 0 Å². The molecule has 4 aromatic carbocycles. The summed E-state index contributed by atoms with van der Waals surface area (Å²) in [6.45, 7) is 25.7. The summed E-state index contributed by atoms with van der Waals surface area (Å²) in [5.41, 5.74) is 6.97. The van der Waals surface area contributed by atoms with Crippen molar-refractivity contribution in [1.29, 1.82) is 0 Å². The normalized spacial score (nSPS) is 18.2. The van der Waals surface area contributed by atoms with Gasteiger partial charge in [0.05, 0.1) is 17.1 Å². The second-order valence-electron chi connectivity index (χ2n) is 18.3. The number of nitrogens with zero attached hydrogens (tertiary/aromatic N) is 2. The van der Waals surface area contributed by atoms with E-state index < -0.39 is 0 Å². The van der Waals surface area contributed by atoms with Crippen LogP contribution < -0.4 is 0 Å². The third-order valence-electron chi connectivity index (χ3n) is 10.1. The summed E-state index contributed by atoms with van der Waals surface area (Å²) in [5, 5.41) is 16.0. The third-order valence-corrected chi connectivity index (χ3v) is 10.1. The van der Waals surface area contributed by atoms with Gasteiger partial charge in [-0.3, -0.25) is 4.79 Å². The third kappa shape index (κ3) is 7.19. The fourth-order valence-electron chi connectivity index (χ4n) is 6.89. The predicted octanol–water partition coefficient (Wildman–Crippen LogP) is 13.2. The molecule has 0 bridgehead atoms. The van der Waals surface area contributed by atoms with Crippen molar-refractivity contribution in [2.24, 2.45) is 31.6 Å². The molecule has 4 nitrogen and oxygen atoms in total. The monoisotopic (exact) mass is 689 g/mol. The quantitative estimate of drug-likeness (QED) is 0.218. The van der Waals surface area contributed by atoms with E-state index in [0.29, 0.717) is 22.8 Å². The number of rotatable bonds is 3. The maximum atomic E-state index is 14.3. The molecule has 0 amide bonds. The molecule has 52 heavy (non-hydrogen) atoms. The summed E-state index contributed by atoms with van der Waals surface area (Å²) in [6, 6.07) is 24.9. The molecule has 0 spiro atoms. The van der Waals surface area contributed by atoms with Crippen LogP contribution in [-0.2, 0) is 4.79 Å². The van der Waals surface area contributed by atoms with Crippen molar-refractivity contribution in [2.45, 2.75) is 83.1 Å². The highest BCUT2D eigenvalue weighted by Gasteiger charge is 2.35. The molecule has 0 atom stereocenters. The molecule has 4 heteroatoms. The van der Waals surface area contributed by atoms with Crippen LogP contribution in [0.15, 0.2) is 129 Å². The van der Waals surface area contributed by atoms with Crippen LogP contribution in [-0.4, -0.2) is 22.3 Å². The number of benzene rings is 4. The molecule has 267 valence electrons. The van der Waals surface area contributed by atoms with Gasteiger partial charge in [-0.05, 0) is 84.2 Å². The maximum absolute atomic E-state index is 14.3. The first-order valence-electron chi connectivity index (χ1n) is 18.4. The van der Waals surface area contributed by atoms with E-state index in [0.717, 1.165) is 55.0 Å². The standard InChI is InChI=1S/C48H53N2O2/c1-45(2,3)31-25-35(47(7,8)9)43(51)39(27-31)49-37-23-21-29-17-13-15-19-33(29)41(37)42-34-20-16-14-18-30(34)22-24-38(42)50-40-28-32(46(4,5)6)26-36(44(40)52)48(10,11)12/h13-28,51H,1-12H3. The zero-order valence-corrected chi connectivity index (χ0v) is 33.0. The van der Waals surface area contributed by atoms with Crippen LogP contribution in [0.3, 0.4) is 0 Å². The Hall–Kier alpha value is -4.67. The number of aliphatic imine (C=N–C) groups is 2. The number of allylic oxidation sites excluding steroid dienone is 6. The first kappa shape index (κ1) is 37.1. The second-order valence-corrected chi connectivity index (χ2v) is 18.3. The van der Waals surface area contributed by atoms with Crippen molar-refractivity contribution in [2.75, 3.05) is 0 Å². The molecule has 1 radical (unpaired) electrons. The van der Waals surface area contributed by atoms with Gasteiger partial charge < -0.3 is 5.11 Å². The molecule has 1 N–H and O–H groups in total. The largest absolute Gasteiger partial charge is 0.375 e. The van der Waals surface area contributed by atoms with Crippen LogP contribution in [0.5, 0.6) is 0 Å². The zero-order chi connectivity index (χ0) is 38.0. The van der Waals surface area contributed by atoms with Gasteiger partial charge in [-0.15, -0.1) is 0 Å². The average Bonchev–Trinajstić information content (AvgIpc) is 3.04. The lowest BCUT2D eigenvalue weighted by molar-refractivity contribution is -0.110. The topological polar surface area (TPSA) is 62.0 Å². The highest BCUT2D eigenvalue weighted by molar-refractivity contribution is 6.51. The Morgan fingerprint density at radius 1 is 0.462 bits per heavy atom. The van der Waals surface area contributed by atoms with Crippen molar-refractivity contribution in [1.82, 2.24) is 0 Å². The highest BCUT2D eigenvalue weighted by atomic mass is 16.3. The Balaban J connectivity index is 1.69. The second kappa shape index (κ2) is 13.1. The summed E-state index contributed by atoms with van der Waals surface area (Å²) < 4.78 is 0. The number of fused-ring (bicyclic) bond motifs is 2. The fraction of sp³-hybridized carbons (Fsp3) is 0.333. The Labute approximate surface area is 310 Å². The van der Waals surface area contributed by atoms with Crippen LogP contribution in [0.4, 0.5) is 11.4 Å². The molecule has 0 heterocycles. The number of carbonyl (C=O) groups excluding carboxylic acids is 1. The summed E-state index contributed by atoms with van der Waals surface area (Å²) in [5.74, 6) is -0.0546. The molecule has 0 aromatic heterocycles. The van der Waals surface area contributed by atoms with Crippen LogP contribution >= 0.6 is 0 Å². The molecule has 0 unspecified atom stereocenters. The number of hydrogen-bond acceptors (Lipinski definition) is 4. The summed E-state index contributed by atoms with van der Waals surface area (Å²) >= 11 is 0. The number of ketones is 1. The molecule has 0 saturated carbocycles. The molecule has 4 aromatic rings. The van der Waals surface area contributed by atoms with Crippen molar-refractivity contribution in [3.8, 4) is 11.1 Å². The molecule has 0 saturated heterocycles. The van der Waals surface area contributed by atoms with Gasteiger partial charge in [-0.2, -0.15) is 0 Å². The van der Waals surface area contributed by atoms with Crippen LogP contribution in [0, 0.1) is 27.8 Å². The van der Waals surface area contributed by atoms with Crippen LogP contribution in [0.1, 0.15) is 83.1 Å². The molecule has 2 aliphatic carbocycles. The van der Waals surface area contributed by atoms with Gasteiger partial charge in [0.25, 0.3) is 0 Å². The lowest BCUT2D eigenvalue weighted by atomic mass is 9.73. The minimum atomic E-state index is -0.355. The average molecular weight is 690 g/mol. The van der Waals surface area contributed by atoms with E-state index >= 15 is 0 Å². The van der Waals surface area contributed by atoms with Crippen LogP contribution in [0.25, 0.3) is 32.7 Å². The lowest BCUT2D eigenvalue weighted by Gasteiger charge is -2.33. The SMILES string of the molecule is CC(C)(C)C1=CC(=Nc2ccc3ccccc3c2-c2c(N=C3C=C(C(C)(C)C)C=C(C(C)(C)C)C3=O)ccc3ccccc23)[C](O)C(C(C)(C)C)=C1. The van der Waals surface area contributed by atoms with Gasteiger partial charge in [0, 0.05) is 16.7 Å². The van der Waals surface area contributed by atoms with Gasteiger partial charge in [-0.25, -0.2) is 9.98 Å². The van der Waals surface area contributed by atoms with E-state index in [1.807, 2.05) is 48.6 Å². The fourth-order valence-corrected chi connectivity index (χ4v) is 6.89. The Kier molecular flexibility index (Phi) is 9.33. The minimum absolute atomic E-state index is 0.0546. The van der Waals surface area contributed by atoms with Crippen molar-refractivity contribution < 1.29 is 9.90 Å². The predicted molar refractivity (Wildman–Crippen MR) is 221 cm³/mol. The minimum Gasteiger partial charge on any atom is -0.375 e. The van der Waals surface area contributed by atoms with E-state index in [1.54, 1.807) is 0 Å². The number of hydrogen-bond donors (Lipinski definition) is 1. The first-order chi connectivity index (χ1) is 24.1. The van der Waals surface area contributed by atoms with E-state index in [-0.39, 0.29) is 33.5 Å². The Bertz CT molecular complexity index is 2290. The molecule has 6 rings (SSSR count). The van der Waals surface area contributed by atoms with Crippen LogP contribution in [0.2, 0.25) is 0 Å². The van der Waals surface area contributed by atoms with Gasteiger partial charge in [-0.1, -0.05) is 156 Å². The van der Waals surface area contributed by atoms with Gasteiger partial charge in [0.1, 0.15) is 5.71 Å². The molecular weight excluding hydrogens is 637 g/mol. The van der Waals surface area contributed by atoms with Gasteiger partial charge in [0.2, 0.25) is 5.78 Å². The summed E-state index contributed by atoms with van der Waals surface area (Å²) in [7, 11) is 0. The summed E-state index contributed by atoms with van der Waals surface area (Å²) in [6.07, 6.45) is 8.36. The molecule has 2 aliphatic rings. The number of aliphatic hydroxyl groups is 1. The first-order valence-corrected chi connectivity index (χ1v) is 18.4. The number of carbonyl (C=O) groups is 1. The molecular formula is C48H53N2O2. The van der Waals surface area contributed by atoms with Crippen molar-refractivity contribution in [3.63, 3.8) is 0 Å². The van der Waals surface area contributed by atoms with Gasteiger partial charge in [0.15, 0.2) is 6.10 Å². The van der Waals surface area contributed by atoms with Gasteiger partial charge >= 0.3 is 0 Å². The number of Topliss-reactive ketones (excluding diaryl/α,β-unsaturated/α-hetero) is 1. The Morgan fingerprint density at radius 2 is 0.865 bits per heavy atom. The molecule has 0 aliphatic heterocycles. The Morgan fingerprint density at radius 3 is 1.31 bits per heavy atom. The van der Waals surface area contributed by atoms with Crippen molar-refractivity contribution >= 4 is 50.1 Å². The number of aliphatic hydroxyl groups excluding tert-OH is 1.